The van der Waals surface area contributed by atoms with Gasteiger partial charge in [-0.25, -0.2) is 0 Å². The molecule has 0 radical (unpaired) electrons. The zero-order chi connectivity index (χ0) is 12.4. The number of aryl methyl sites for hydroxylation is 1. The molecule has 0 bridgehead atoms. The Bertz CT molecular complexity index is 411. The molecule has 1 aliphatic heterocycles. The molecule has 2 rings (SSSR count). The lowest BCUT2D eigenvalue weighted by Crippen LogP contribution is -2.38. The van der Waals surface area contributed by atoms with Gasteiger partial charge in [0.05, 0.1) is 18.2 Å². The first kappa shape index (κ1) is 11.9. The van der Waals surface area contributed by atoms with Crippen molar-refractivity contribution in [2.45, 2.75) is 25.8 Å². The molecule has 1 amide bonds. The predicted molar refractivity (Wildman–Crippen MR) is 66.7 cm³/mol. The maximum absolute atomic E-state index is 12.4. The van der Waals surface area contributed by atoms with E-state index >= 15 is 0 Å². The van der Waals surface area contributed by atoms with E-state index < -0.39 is 0 Å². The van der Waals surface area contributed by atoms with Crippen molar-refractivity contribution in [2.75, 3.05) is 18.9 Å². The van der Waals surface area contributed by atoms with E-state index in [-0.39, 0.29) is 18.6 Å². The van der Waals surface area contributed by atoms with Crippen LogP contribution in [0, 0.1) is 6.92 Å². The van der Waals surface area contributed by atoms with Gasteiger partial charge in [0.15, 0.2) is 0 Å². The van der Waals surface area contributed by atoms with Gasteiger partial charge in [0, 0.05) is 12.2 Å². The lowest BCUT2D eigenvalue weighted by Gasteiger charge is -2.24. The van der Waals surface area contributed by atoms with Crippen LogP contribution in [-0.2, 0) is 0 Å². The number of rotatable bonds is 2. The van der Waals surface area contributed by atoms with E-state index in [9.17, 15) is 9.90 Å². The summed E-state index contributed by atoms with van der Waals surface area (Å²) in [6, 6.07) is 5.41. The van der Waals surface area contributed by atoms with Gasteiger partial charge in [-0.05, 0) is 31.4 Å². The molecular formula is C13H18N2O2. The van der Waals surface area contributed by atoms with Crippen LogP contribution in [0.3, 0.4) is 0 Å². The highest BCUT2D eigenvalue weighted by Gasteiger charge is 2.30. The number of hydrogen-bond donors (Lipinski definition) is 2. The van der Waals surface area contributed by atoms with Crippen molar-refractivity contribution >= 4 is 11.6 Å². The SMILES string of the molecule is Cc1cccc(N)c1C(=O)N1CCC[C@@H]1CO. The van der Waals surface area contributed by atoms with Crippen molar-refractivity contribution in [3.05, 3.63) is 29.3 Å². The fourth-order valence-electron chi connectivity index (χ4n) is 2.42. The molecule has 92 valence electrons. The first-order valence-corrected chi connectivity index (χ1v) is 5.92. The topological polar surface area (TPSA) is 66.6 Å². The first-order valence-electron chi connectivity index (χ1n) is 5.92. The average Bonchev–Trinajstić information content (AvgIpc) is 2.76. The Hall–Kier alpha value is -1.55. The third-order valence-corrected chi connectivity index (χ3v) is 3.37. The second-order valence-corrected chi connectivity index (χ2v) is 4.52. The van der Waals surface area contributed by atoms with Gasteiger partial charge in [-0.2, -0.15) is 0 Å². The number of amides is 1. The Labute approximate surface area is 101 Å². The highest BCUT2D eigenvalue weighted by atomic mass is 16.3. The number of benzene rings is 1. The van der Waals surface area contributed by atoms with E-state index in [1.54, 1.807) is 11.0 Å². The molecule has 0 spiro atoms. The molecule has 3 N–H and O–H groups in total. The highest BCUT2D eigenvalue weighted by molar-refractivity contribution is 6.00. The van der Waals surface area contributed by atoms with Gasteiger partial charge >= 0.3 is 0 Å². The maximum atomic E-state index is 12.4. The van der Waals surface area contributed by atoms with Crippen LogP contribution in [0.1, 0.15) is 28.8 Å². The van der Waals surface area contributed by atoms with E-state index in [1.807, 2.05) is 19.1 Å². The summed E-state index contributed by atoms with van der Waals surface area (Å²) in [7, 11) is 0. The minimum absolute atomic E-state index is 0.0253. The van der Waals surface area contributed by atoms with E-state index in [0.717, 1.165) is 18.4 Å². The second kappa shape index (κ2) is 4.75. The number of hydrogen-bond acceptors (Lipinski definition) is 3. The maximum Gasteiger partial charge on any atom is 0.256 e. The Balaban J connectivity index is 2.31. The number of likely N-dealkylation sites (tertiary alicyclic amines) is 1. The molecule has 4 nitrogen and oxygen atoms in total. The lowest BCUT2D eigenvalue weighted by atomic mass is 10.0. The van der Waals surface area contributed by atoms with Crippen molar-refractivity contribution in [1.29, 1.82) is 0 Å². The van der Waals surface area contributed by atoms with Crippen molar-refractivity contribution in [3.8, 4) is 0 Å². The highest BCUT2D eigenvalue weighted by Crippen LogP contribution is 2.24. The number of anilines is 1. The molecule has 0 saturated carbocycles. The molecular weight excluding hydrogens is 216 g/mol. The van der Waals surface area contributed by atoms with Gasteiger partial charge in [-0.15, -0.1) is 0 Å². The van der Waals surface area contributed by atoms with Gasteiger partial charge in [0.2, 0.25) is 0 Å². The minimum Gasteiger partial charge on any atom is -0.398 e. The number of nitrogens with two attached hydrogens (primary N) is 1. The third-order valence-electron chi connectivity index (χ3n) is 3.37. The van der Waals surface area contributed by atoms with Gasteiger partial charge in [0.25, 0.3) is 5.91 Å². The zero-order valence-corrected chi connectivity index (χ0v) is 10.0. The van der Waals surface area contributed by atoms with Crippen LogP contribution in [0.5, 0.6) is 0 Å². The van der Waals surface area contributed by atoms with E-state index in [1.165, 1.54) is 0 Å². The fourth-order valence-corrected chi connectivity index (χ4v) is 2.42. The first-order chi connectivity index (χ1) is 8.15. The largest absolute Gasteiger partial charge is 0.398 e. The molecule has 1 fully saturated rings. The molecule has 0 unspecified atom stereocenters. The zero-order valence-electron chi connectivity index (χ0n) is 10.0. The molecule has 17 heavy (non-hydrogen) atoms. The Morgan fingerprint density at radius 2 is 2.35 bits per heavy atom. The van der Waals surface area contributed by atoms with E-state index in [0.29, 0.717) is 17.8 Å². The summed E-state index contributed by atoms with van der Waals surface area (Å²) in [5, 5.41) is 9.25. The van der Waals surface area contributed by atoms with Crippen molar-refractivity contribution < 1.29 is 9.90 Å². The summed E-state index contributed by atoms with van der Waals surface area (Å²) in [6.07, 6.45) is 1.82. The van der Waals surface area contributed by atoms with Crippen LogP contribution < -0.4 is 5.73 Å². The summed E-state index contributed by atoms with van der Waals surface area (Å²) in [5.74, 6) is -0.0582. The van der Waals surface area contributed by atoms with E-state index in [2.05, 4.69) is 0 Å². The number of carbonyl (C=O) groups is 1. The van der Waals surface area contributed by atoms with Crippen molar-refractivity contribution in [2.24, 2.45) is 0 Å². The van der Waals surface area contributed by atoms with Crippen LogP contribution in [0.2, 0.25) is 0 Å². The monoisotopic (exact) mass is 234 g/mol. The summed E-state index contributed by atoms with van der Waals surface area (Å²) in [5.41, 5.74) is 7.84. The molecule has 1 saturated heterocycles. The molecule has 0 aromatic heterocycles. The molecule has 0 aliphatic carbocycles. The number of aliphatic hydroxyl groups is 1. The normalized spacial score (nSPS) is 19.6. The van der Waals surface area contributed by atoms with Crippen LogP contribution in [0.15, 0.2) is 18.2 Å². The number of nitrogens with zero attached hydrogens (tertiary/aromatic N) is 1. The van der Waals surface area contributed by atoms with Gasteiger partial charge in [-0.1, -0.05) is 12.1 Å². The summed E-state index contributed by atoms with van der Waals surface area (Å²) < 4.78 is 0. The fraction of sp³-hybridized carbons (Fsp3) is 0.462. The minimum atomic E-state index is -0.0582. The molecule has 1 atom stereocenters. The molecule has 1 heterocycles. The molecule has 1 aliphatic rings. The molecule has 1 aromatic carbocycles. The summed E-state index contributed by atoms with van der Waals surface area (Å²) in [6.45, 7) is 2.61. The van der Waals surface area contributed by atoms with Crippen LogP contribution >= 0.6 is 0 Å². The van der Waals surface area contributed by atoms with Crippen molar-refractivity contribution in [3.63, 3.8) is 0 Å². The van der Waals surface area contributed by atoms with Crippen molar-refractivity contribution in [1.82, 2.24) is 4.90 Å². The van der Waals surface area contributed by atoms with E-state index in [4.69, 9.17) is 5.73 Å². The number of carbonyl (C=O) groups excluding carboxylic acids is 1. The third kappa shape index (κ3) is 2.13. The Morgan fingerprint density at radius 1 is 1.59 bits per heavy atom. The standard InChI is InChI=1S/C13H18N2O2/c1-9-4-2-6-11(14)12(9)13(17)15-7-3-5-10(15)8-16/h2,4,6,10,16H,3,5,7-8,14H2,1H3/t10-/m1/s1. The van der Waals surface area contributed by atoms with Gasteiger partial charge in [-0.3, -0.25) is 4.79 Å². The number of nitrogen functional groups attached to an aromatic ring is 1. The second-order valence-electron chi connectivity index (χ2n) is 4.52. The molecule has 4 heteroatoms. The smallest absolute Gasteiger partial charge is 0.256 e. The summed E-state index contributed by atoms with van der Waals surface area (Å²) >= 11 is 0. The predicted octanol–water partition coefficient (Wildman–Crippen LogP) is 1.17. The average molecular weight is 234 g/mol. The lowest BCUT2D eigenvalue weighted by molar-refractivity contribution is 0.0678. The van der Waals surface area contributed by atoms with Gasteiger partial charge < -0.3 is 15.7 Å². The molecule has 1 aromatic rings. The van der Waals surface area contributed by atoms with Crippen LogP contribution in [-0.4, -0.2) is 35.1 Å². The quantitative estimate of drug-likeness (QED) is 0.755. The number of aliphatic hydroxyl groups excluding tert-OH is 1. The Kier molecular flexibility index (Phi) is 3.33. The van der Waals surface area contributed by atoms with Gasteiger partial charge in [0.1, 0.15) is 0 Å². The summed E-state index contributed by atoms with van der Waals surface area (Å²) in [4.78, 5) is 14.1. The van der Waals surface area contributed by atoms with Crippen LogP contribution in [0.4, 0.5) is 5.69 Å². The van der Waals surface area contributed by atoms with Crippen LogP contribution in [0.25, 0.3) is 0 Å². The Morgan fingerprint density at radius 3 is 3.00 bits per heavy atom.